The minimum Gasteiger partial charge on any atom is -0.756 e. The van der Waals surface area contributed by atoms with Gasteiger partial charge in [0.1, 0.15) is 19.8 Å². The second kappa shape index (κ2) is 28.3. The highest BCUT2D eigenvalue weighted by molar-refractivity contribution is 7.45. The summed E-state index contributed by atoms with van der Waals surface area (Å²) < 4.78 is 33.6. The van der Waals surface area contributed by atoms with Crippen molar-refractivity contribution in [1.82, 2.24) is 0 Å². The number of phosphoric ester groups is 1. The first-order valence-electron chi connectivity index (χ1n) is 17.7. The van der Waals surface area contributed by atoms with Crippen molar-refractivity contribution in [3.63, 3.8) is 0 Å². The van der Waals surface area contributed by atoms with Gasteiger partial charge in [-0.2, -0.15) is 0 Å². The monoisotopic (exact) mass is 649 g/mol. The van der Waals surface area contributed by atoms with Crippen molar-refractivity contribution >= 4 is 19.8 Å². The average Bonchev–Trinajstić information content (AvgIpc) is 2.95. The van der Waals surface area contributed by atoms with Crippen LogP contribution in [0.2, 0.25) is 0 Å². The minimum absolute atomic E-state index is 0.0266. The molecule has 10 heteroatoms. The summed E-state index contributed by atoms with van der Waals surface area (Å²) in [5.74, 6) is -0.834. The normalized spacial score (nSPS) is 13.9. The summed E-state index contributed by atoms with van der Waals surface area (Å²) in [5.41, 5.74) is 0. The molecule has 0 aliphatic rings. The molecule has 44 heavy (non-hydrogen) atoms. The number of hydrogen-bond acceptors (Lipinski definition) is 8. The molecule has 0 N–H and O–H groups in total. The lowest BCUT2D eigenvalue weighted by Gasteiger charge is -2.28. The fourth-order valence-corrected chi connectivity index (χ4v) is 5.50. The molecule has 0 spiro atoms. The predicted octanol–water partition coefficient (Wildman–Crippen LogP) is 8.27. The number of phosphoric acid groups is 1. The third-order valence-electron chi connectivity index (χ3n) is 7.63. The zero-order valence-electron chi connectivity index (χ0n) is 29.1. The smallest absolute Gasteiger partial charge is 0.306 e. The first-order valence-corrected chi connectivity index (χ1v) is 19.2. The van der Waals surface area contributed by atoms with E-state index in [4.69, 9.17) is 18.5 Å². The molecule has 0 heterocycles. The zero-order valence-corrected chi connectivity index (χ0v) is 30.0. The molecule has 0 saturated carbocycles. The van der Waals surface area contributed by atoms with Gasteiger partial charge in [-0.05, 0) is 12.8 Å². The van der Waals surface area contributed by atoms with Crippen molar-refractivity contribution < 1.29 is 42.1 Å². The Hall–Kier alpha value is -0.990. The van der Waals surface area contributed by atoms with Gasteiger partial charge in [0.15, 0.2) is 6.10 Å². The second-order valence-electron chi connectivity index (χ2n) is 13.2. The number of carbonyl (C=O) groups is 2. The molecule has 0 aliphatic heterocycles. The molecule has 0 aromatic carbocycles. The largest absolute Gasteiger partial charge is 0.756 e. The van der Waals surface area contributed by atoms with E-state index in [9.17, 15) is 19.0 Å². The zero-order chi connectivity index (χ0) is 32.9. The molecule has 0 rings (SSSR count). The minimum atomic E-state index is -4.60. The lowest BCUT2D eigenvalue weighted by molar-refractivity contribution is -0.870. The Kier molecular flexibility index (Phi) is 27.6. The maximum Gasteiger partial charge on any atom is 0.306 e. The molecule has 262 valence electrons. The maximum absolute atomic E-state index is 12.5. The van der Waals surface area contributed by atoms with E-state index in [1.807, 2.05) is 21.1 Å². The third kappa shape index (κ3) is 31.0. The summed E-state index contributed by atoms with van der Waals surface area (Å²) in [6.45, 7) is 4.17. The number of esters is 2. The van der Waals surface area contributed by atoms with Gasteiger partial charge in [0.25, 0.3) is 7.82 Å². The van der Waals surface area contributed by atoms with Crippen LogP contribution in [-0.2, 0) is 32.7 Å². The molecule has 1 unspecified atom stereocenters. The Morgan fingerprint density at radius 1 is 0.614 bits per heavy atom. The number of quaternary nitrogens is 1. The molecule has 0 aliphatic carbocycles. The number of nitrogens with zero attached hydrogens (tertiary/aromatic N) is 1. The van der Waals surface area contributed by atoms with Crippen molar-refractivity contribution in [2.24, 2.45) is 0 Å². The second-order valence-corrected chi connectivity index (χ2v) is 14.7. The van der Waals surface area contributed by atoms with Crippen molar-refractivity contribution in [2.45, 2.75) is 161 Å². The van der Waals surface area contributed by atoms with Gasteiger partial charge in [-0.3, -0.25) is 14.2 Å². The molecule has 2 atom stereocenters. The van der Waals surface area contributed by atoms with E-state index in [2.05, 4.69) is 13.8 Å². The topological polar surface area (TPSA) is 111 Å². The lowest BCUT2D eigenvalue weighted by atomic mass is 10.0. The van der Waals surface area contributed by atoms with Crippen LogP contribution < -0.4 is 4.89 Å². The van der Waals surface area contributed by atoms with Crippen LogP contribution in [0.25, 0.3) is 0 Å². The highest BCUT2D eigenvalue weighted by Gasteiger charge is 2.21. The first-order chi connectivity index (χ1) is 21.0. The number of ether oxygens (including phenoxy) is 2. The molecule has 0 bridgehead atoms. The molecule has 9 nitrogen and oxygen atoms in total. The van der Waals surface area contributed by atoms with Gasteiger partial charge in [0, 0.05) is 12.8 Å². The van der Waals surface area contributed by atoms with Gasteiger partial charge >= 0.3 is 11.9 Å². The van der Waals surface area contributed by atoms with E-state index in [0.29, 0.717) is 17.4 Å². The van der Waals surface area contributed by atoms with Crippen molar-refractivity contribution in [2.75, 3.05) is 47.5 Å². The molecule has 0 amide bonds. The van der Waals surface area contributed by atoms with Gasteiger partial charge in [-0.15, -0.1) is 0 Å². The summed E-state index contributed by atoms with van der Waals surface area (Å²) in [7, 11) is 1.17. The molecule has 0 saturated heterocycles. The Balaban J connectivity index is 4.43. The summed E-state index contributed by atoms with van der Waals surface area (Å²) in [4.78, 5) is 37.1. The Labute approximate surface area is 270 Å². The summed E-state index contributed by atoms with van der Waals surface area (Å²) in [6.07, 6.45) is 22.8. The van der Waals surface area contributed by atoms with Gasteiger partial charge in [-0.25, -0.2) is 0 Å². The number of hydrogen-bond donors (Lipinski definition) is 0. The Bertz CT molecular complexity index is 743. The Morgan fingerprint density at radius 2 is 1.02 bits per heavy atom. The number of unbranched alkanes of at least 4 members (excludes halogenated alkanes) is 18. The molecular weight excluding hydrogens is 581 g/mol. The van der Waals surface area contributed by atoms with E-state index in [-0.39, 0.29) is 32.0 Å². The SMILES string of the molecule is CCCCCCCCCCCCCCC(=O)OC[C@@H](COP(=O)([O-])OCC[N+](C)(C)C)OC(=O)CCCCCCCCCC. The lowest BCUT2D eigenvalue weighted by Crippen LogP contribution is -2.37. The number of rotatable bonds is 32. The fourth-order valence-electron chi connectivity index (χ4n) is 4.77. The third-order valence-corrected chi connectivity index (χ3v) is 8.59. The quantitative estimate of drug-likeness (QED) is 0.0310. The molecule has 0 aromatic heterocycles. The van der Waals surface area contributed by atoms with Crippen LogP contribution >= 0.6 is 7.82 Å². The summed E-state index contributed by atoms with van der Waals surface area (Å²) in [6, 6.07) is 0. The van der Waals surface area contributed by atoms with Crippen LogP contribution in [0.4, 0.5) is 0 Å². The fraction of sp³-hybridized carbons (Fsp3) is 0.941. The molecule has 0 fully saturated rings. The van der Waals surface area contributed by atoms with Crippen molar-refractivity contribution in [3.05, 3.63) is 0 Å². The standard InChI is InChI=1S/C34H68NO8P/c1-6-8-10-12-14-16-17-18-19-21-22-24-26-33(36)40-30-32(31-42-44(38,39)41-29-28-35(3,4)5)43-34(37)27-25-23-20-15-13-11-9-7-2/h32H,6-31H2,1-5H3/t32-/m0/s1. The highest BCUT2D eigenvalue weighted by atomic mass is 31.2. The van der Waals surface area contributed by atoms with E-state index in [1.165, 1.54) is 83.5 Å². The van der Waals surface area contributed by atoms with Crippen molar-refractivity contribution in [1.29, 1.82) is 0 Å². The van der Waals surface area contributed by atoms with Crippen LogP contribution in [-0.4, -0.2) is 70.0 Å². The first kappa shape index (κ1) is 43.0. The maximum atomic E-state index is 12.5. The van der Waals surface area contributed by atoms with Gasteiger partial charge in [-0.1, -0.05) is 129 Å². The van der Waals surface area contributed by atoms with Gasteiger partial charge in [0.05, 0.1) is 27.7 Å². The van der Waals surface area contributed by atoms with Crippen LogP contribution in [0, 0.1) is 0 Å². The van der Waals surface area contributed by atoms with Crippen LogP contribution in [0.5, 0.6) is 0 Å². The van der Waals surface area contributed by atoms with Gasteiger partial charge in [0.2, 0.25) is 0 Å². The van der Waals surface area contributed by atoms with Crippen LogP contribution in [0.15, 0.2) is 0 Å². The van der Waals surface area contributed by atoms with Crippen LogP contribution in [0.1, 0.15) is 155 Å². The van der Waals surface area contributed by atoms with E-state index < -0.39 is 26.5 Å². The predicted molar refractivity (Wildman–Crippen MR) is 176 cm³/mol. The summed E-state index contributed by atoms with van der Waals surface area (Å²) in [5, 5.41) is 0. The van der Waals surface area contributed by atoms with E-state index in [1.54, 1.807) is 0 Å². The number of likely N-dealkylation sites (N-methyl/N-ethyl adjacent to an activating group) is 1. The Morgan fingerprint density at radius 3 is 1.45 bits per heavy atom. The molecular formula is C34H68NO8P. The van der Waals surface area contributed by atoms with Crippen molar-refractivity contribution in [3.8, 4) is 0 Å². The average molecular weight is 650 g/mol. The highest BCUT2D eigenvalue weighted by Crippen LogP contribution is 2.38. The molecule has 0 radical (unpaired) electrons. The van der Waals surface area contributed by atoms with E-state index >= 15 is 0 Å². The van der Waals surface area contributed by atoms with Gasteiger partial charge < -0.3 is 27.9 Å². The van der Waals surface area contributed by atoms with E-state index in [0.717, 1.165) is 38.5 Å². The van der Waals surface area contributed by atoms with Crippen LogP contribution in [0.3, 0.4) is 0 Å². The molecule has 0 aromatic rings. The summed E-state index contributed by atoms with van der Waals surface area (Å²) >= 11 is 0. The number of carbonyl (C=O) groups excluding carboxylic acids is 2.